The predicted molar refractivity (Wildman–Crippen MR) is 85.7 cm³/mol. The summed E-state index contributed by atoms with van der Waals surface area (Å²) >= 11 is 11.5. The molecule has 0 saturated heterocycles. The first-order chi connectivity index (χ1) is 10.9. The Balaban J connectivity index is 2.32. The number of carbonyl (C=O) groups excluding carboxylic acids is 2. The molecule has 0 aliphatic rings. The van der Waals surface area contributed by atoms with Crippen molar-refractivity contribution in [1.29, 1.82) is 0 Å². The molecule has 0 bridgehead atoms. The van der Waals surface area contributed by atoms with Crippen molar-refractivity contribution in [2.75, 3.05) is 0 Å². The van der Waals surface area contributed by atoms with Crippen LogP contribution in [0, 0.1) is 5.92 Å². The molecule has 2 aromatic carbocycles. The van der Waals surface area contributed by atoms with Gasteiger partial charge in [-0.15, -0.1) is 0 Å². The van der Waals surface area contributed by atoms with E-state index >= 15 is 0 Å². The fourth-order valence-electron chi connectivity index (χ4n) is 2.14. The van der Waals surface area contributed by atoms with E-state index in [0.717, 1.165) is 0 Å². The molecule has 120 valence electrons. The minimum absolute atomic E-state index is 0.169. The van der Waals surface area contributed by atoms with Crippen molar-refractivity contribution in [3.05, 3.63) is 69.7 Å². The first-order valence-corrected chi connectivity index (χ1v) is 7.52. The standard InChI is InChI=1S/C17H12Cl2F2O2/c18-12-5-1-10(2-6-12)16(22)14(9-15(20)21)17(23)11-3-7-13(19)8-4-11/h1-8,14-15H,9H2. The van der Waals surface area contributed by atoms with Crippen LogP contribution in [0.25, 0.3) is 0 Å². The summed E-state index contributed by atoms with van der Waals surface area (Å²) in [4.78, 5) is 24.9. The Hall–Kier alpha value is -1.78. The Morgan fingerprint density at radius 3 is 1.43 bits per heavy atom. The monoisotopic (exact) mass is 356 g/mol. The van der Waals surface area contributed by atoms with Gasteiger partial charge in [-0.1, -0.05) is 23.2 Å². The smallest absolute Gasteiger partial charge is 0.239 e. The van der Waals surface area contributed by atoms with Crippen molar-refractivity contribution in [2.24, 2.45) is 5.92 Å². The summed E-state index contributed by atoms with van der Waals surface area (Å²) in [5.74, 6) is -2.75. The Kier molecular flexibility index (Phi) is 5.85. The molecule has 6 heteroatoms. The van der Waals surface area contributed by atoms with Crippen LogP contribution in [0.2, 0.25) is 10.0 Å². The van der Waals surface area contributed by atoms with Crippen molar-refractivity contribution in [1.82, 2.24) is 0 Å². The highest BCUT2D eigenvalue weighted by molar-refractivity contribution is 6.31. The minimum atomic E-state index is -2.77. The van der Waals surface area contributed by atoms with Crippen molar-refractivity contribution >= 4 is 34.8 Å². The van der Waals surface area contributed by atoms with Gasteiger partial charge in [0, 0.05) is 27.6 Å². The summed E-state index contributed by atoms with van der Waals surface area (Å²) in [6.07, 6.45) is -3.60. The molecule has 0 amide bonds. The fraction of sp³-hybridized carbons (Fsp3) is 0.176. The number of Topliss-reactive ketones (excluding diaryl/α,β-unsaturated/α-hetero) is 2. The van der Waals surface area contributed by atoms with Gasteiger partial charge in [0.05, 0.1) is 5.92 Å². The van der Waals surface area contributed by atoms with Gasteiger partial charge in [-0.25, -0.2) is 8.78 Å². The van der Waals surface area contributed by atoms with Crippen LogP contribution in [0.5, 0.6) is 0 Å². The maximum atomic E-state index is 12.8. The van der Waals surface area contributed by atoms with Crippen LogP contribution in [-0.2, 0) is 0 Å². The van der Waals surface area contributed by atoms with E-state index in [-0.39, 0.29) is 11.1 Å². The van der Waals surface area contributed by atoms with E-state index in [0.29, 0.717) is 10.0 Å². The van der Waals surface area contributed by atoms with Gasteiger partial charge in [0.15, 0.2) is 11.6 Å². The molecule has 0 aliphatic heterocycles. The van der Waals surface area contributed by atoms with Crippen molar-refractivity contribution in [3.63, 3.8) is 0 Å². The highest BCUT2D eigenvalue weighted by Crippen LogP contribution is 2.23. The van der Waals surface area contributed by atoms with Crippen molar-refractivity contribution in [3.8, 4) is 0 Å². The first kappa shape index (κ1) is 17.6. The molecule has 0 aromatic heterocycles. The largest absolute Gasteiger partial charge is 0.293 e. The SMILES string of the molecule is O=C(c1ccc(Cl)cc1)C(CC(F)F)C(=O)c1ccc(Cl)cc1. The van der Waals surface area contributed by atoms with Crippen LogP contribution in [-0.4, -0.2) is 18.0 Å². The Labute approximate surface area is 142 Å². The summed E-state index contributed by atoms with van der Waals surface area (Å²) in [6, 6.07) is 11.6. The summed E-state index contributed by atoms with van der Waals surface area (Å²) < 4.78 is 25.6. The summed E-state index contributed by atoms with van der Waals surface area (Å²) in [7, 11) is 0. The van der Waals surface area contributed by atoms with E-state index in [9.17, 15) is 18.4 Å². The van der Waals surface area contributed by atoms with Crippen LogP contribution in [0.4, 0.5) is 8.78 Å². The predicted octanol–water partition coefficient (Wildman–Crippen LogP) is 5.33. The van der Waals surface area contributed by atoms with Gasteiger partial charge in [0.25, 0.3) is 0 Å². The maximum Gasteiger partial charge on any atom is 0.239 e. The van der Waals surface area contributed by atoms with Gasteiger partial charge in [0.1, 0.15) is 0 Å². The van der Waals surface area contributed by atoms with E-state index in [2.05, 4.69) is 0 Å². The molecule has 2 nitrogen and oxygen atoms in total. The third kappa shape index (κ3) is 4.60. The summed E-state index contributed by atoms with van der Waals surface area (Å²) in [5.41, 5.74) is 0.338. The topological polar surface area (TPSA) is 34.1 Å². The molecule has 0 N–H and O–H groups in total. The molecule has 0 saturated carbocycles. The molecule has 0 heterocycles. The molecule has 0 unspecified atom stereocenters. The molecule has 0 spiro atoms. The zero-order valence-corrected chi connectivity index (χ0v) is 13.3. The Morgan fingerprint density at radius 2 is 1.13 bits per heavy atom. The van der Waals surface area contributed by atoms with Gasteiger partial charge in [-0.2, -0.15) is 0 Å². The van der Waals surface area contributed by atoms with E-state index in [1.165, 1.54) is 48.5 Å². The number of rotatable bonds is 6. The van der Waals surface area contributed by atoms with Gasteiger partial charge < -0.3 is 0 Å². The molecule has 0 aliphatic carbocycles. The van der Waals surface area contributed by atoms with E-state index < -0.39 is 30.3 Å². The molecule has 0 radical (unpaired) electrons. The molecule has 0 atom stereocenters. The van der Waals surface area contributed by atoms with Crippen LogP contribution >= 0.6 is 23.2 Å². The molecular weight excluding hydrogens is 345 g/mol. The lowest BCUT2D eigenvalue weighted by atomic mass is 9.87. The second kappa shape index (κ2) is 7.66. The van der Waals surface area contributed by atoms with Gasteiger partial charge >= 0.3 is 0 Å². The molecule has 0 fully saturated rings. The highest BCUT2D eigenvalue weighted by atomic mass is 35.5. The van der Waals surface area contributed by atoms with Gasteiger partial charge in [0.2, 0.25) is 6.43 Å². The lowest BCUT2D eigenvalue weighted by Crippen LogP contribution is -2.26. The molecule has 2 aromatic rings. The number of hydrogen-bond acceptors (Lipinski definition) is 2. The van der Waals surface area contributed by atoms with Gasteiger partial charge in [-0.05, 0) is 48.5 Å². The Bertz CT molecular complexity index is 640. The number of benzene rings is 2. The average Bonchev–Trinajstić information content (AvgIpc) is 2.52. The van der Waals surface area contributed by atoms with Crippen LogP contribution < -0.4 is 0 Å². The van der Waals surface area contributed by atoms with Crippen molar-refractivity contribution < 1.29 is 18.4 Å². The minimum Gasteiger partial charge on any atom is -0.293 e. The number of carbonyl (C=O) groups is 2. The number of alkyl halides is 2. The van der Waals surface area contributed by atoms with E-state index in [4.69, 9.17) is 23.2 Å². The average molecular weight is 357 g/mol. The number of ketones is 2. The van der Waals surface area contributed by atoms with Crippen LogP contribution in [0.1, 0.15) is 27.1 Å². The zero-order chi connectivity index (χ0) is 17.0. The number of hydrogen-bond donors (Lipinski definition) is 0. The zero-order valence-electron chi connectivity index (χ0n) is 11.8. The lowest BCUT2D eigenvalue weighted by molar-refractivity contribution is 0.0671. The Morgan fingerprint density at radius 1 is 0.783 bits per heavy atom. The molecular formula is C17H12Cl2F2O2. The maximum absolute atomic E-state index is 12.8. The number of halogens is 4. The van der Waals surface area contributed by atoms with Crippen molar-refractivity contribution in [2.45, 2.75) is 12.8 Å². The first-order valence-electron chi connectivity index (χ1n) is 6.76. The highest BCUT2D eigenvalue weighted by Gasteiger charge is 2.31. The second-order valence-corrected chi connectivity index (χ2v) is 5.79. The van der Waals surface area contributed by atoms with Gasteiger partial charge in [-0.3, -0.25) is 9.59 Å². The fourth-order valence-corrected chi connectivity index (χ4v) is 2.39. The molecule has 23 heavy (non-hydrogen) atoms. The second-order valence-electron chi connectivity index (χ2n) is 4.92. The third-order valence-corrected chi connectivity index (χ3v) is 3.81. The summed E-state index contributed by atoms with van der Waals surface area (Å²) in [5, 5.41) is 0.826. The van der Waals surface area contributed by atoms with E-state index in [1.807, 2.05) is 0 Å². The van der Waals surface area contributed by atoms with Crippen LogP contribution in [0.15, 0.2) is 48.5 Å². The quantitative estimate of drug-likeness (QED) is 0.517. The van der Waals surface area contributed by atoms with E-state index in [1.54, 1.807) is 0 Å². The normalized spacial score (nSPS) is 11.0. The third-order valence-electron chi connectivity index (χ3n) is 3.30. The van der Waals surface area contributed by atoms with Crippen LogP contribution in [0.3, 0.4) is 0 Å². The summed E-state index contributed by atoms with van der Waals surface area (Å²) in [6.45, 7) is 0. The molecule has 2 rings (SSSR count). The lowest BCUT2D eigenvalue weighted by Gasteiger charge is -2.15.